The summed E-state index contributed by atoms with van der Waals surface area (Å²) in [5.41, 5.74) is 2.80. The van der Waals surface area contributed by atoms with Crippen molar-refractivity contribution in [2.45, 2.75) is 38.8 Å². The van der Waals surface area contributed by atoms with Crippen LogP contribution >= 0.6 is 11.6 Å². The molecule has 104 valence electrons. The number of hydrogen-bond acceptors (Lipinski definition) is 2. The highest BCUT2D eigenvalue weighted by atomic mass is 35.5. The minimum absolute atomic E-state index is 0.315. The molecule has 0 amide bonds. The fourth-order valence-corrected chi connectivity index (χ4v) is 3.54. The normalized spacial score (nSPS) is 28.6. The maximum atomic E-state index is 6.35. The predicted molar refractivity (Wildman–Crippen MR) is 80.6 cm³/mol. The number of nitrogens with one attached hydrogen (secondary N) is 1. The van der Waals surface area contributed by atoms with E-state index in [1.54, 1.807) is 0 Å². The smallest absolute Gasteiger partial charge is 0.0453 e. The third kappa shape index (κ3) is 2.96. The van der Waals surface area contributed by atoms with E-state index in [0.29, 0.717) is 5.54 Å². The monoisotopic (exact) mass is 278 g/mol. The van der Waals surface area contributed by atoms with E-state index >= 15 is 0 Å². The van der Waals surface area contributed by atoms with E-state index in [1.165, 1.54) is 24.0 Å². The number of rotatable bonds is 3. The maximum absolute atomic E-state index is 6.35. The lowest BCUT2D eigenvalue weighted by atomic mass is 9.92. The van der Waals surface area contributed by atoms with Crippen LogP contribution in [0.3, 0.4) is 0 Å². The topological polar surface area (TPSA) is 15.3 Å². The van der Waals surface area contributed by atoms with Crippen molar-refractivity contribution in [1.82, 2.24) is 10.2 Å². The van der Waals surface area contributed by atoms with Crippen molar-refractivity contribution in [2.75, 3.05) is 19.6 Å². The van der Waals surface area contributed by atoms with Crippen LogP contribution in [0.2, 0.25) is 5.02 Å². The van der Waals surface area contributed by atoms with Gasteiger partial charge in [0.1, 0.15) is 0 Å². The molecule has 2 fully saturated rings. The van der Waals surface area contributed by atoms with E-state index in [4.69, 9.17) is 11.6 Å². The van der Waals surface area contributed by atoms with Gasteiger partial charge < -0.3 is 5.32 Å². The van der Waals surface area contributed by atoms with E-state index < -0.39 is 0 Å². The number of piperazine rings is 1. The van der Waals surface area contributed by atoms with Crippen LogP contribution in [-0.2, 0) is 6.54 Å². The third-order valence-electron chi connectivity index (χ3n) is 4.59. The van der Waals surface area contributed by atoms with E-state index in [2.05, 4.69) is 42.3 Å². The Balaban J connectivity index is 1.69. The fraction of sp³-hybridized carbons (Fsp3) is 0.625. The number of halogens is 1. The van der Waals surface area contributed by atoms with Crippen molar-refractivity contribution in [1.29, 1.82) is 0 Å². The number of nitrogens with zero attached hydrogens (tertiary/aromatic N) is 1. The highest BCUT2D eigenvalue weighted by Gasteiger charge is 2.43. The van der Waals surface area contributed by atoms with Gasteiger partial charge in [-0.25, -0.2) is 0 Å². The third-order valence-corrected chi connectivity index (χ3v) is 4.94. The second-order valence-electron chi connectivity index (χ2n) is 6.42. The van der Waals surface area contributed by atoms with Crippen LogP contribution < -0.4 is 5.32 Å². The summed E-state index contributed by atoms with van der Waals surface area (Å²) >= 11 is 6.35. The predicted octanol–water partition coefficient (Wildman–Crippen LogP) is 3.22. The van der Waals surface area contributed by atoms with Gasteiger partial charge in [-0.15, -0.1) is 0 Å². The summed E-state index contributed by atoms with van der Waals surface area (Å²) in [6, 6.07) is 6.40. The molecule has 1 atom stereocenters. The van der Waals surface area contributed by atoms with Crippen molar-refractivity contribution in [3.8, 4) is 0 Å². The second-order valence-corrected chi connectivity index (χ2v) is 6.83. The van der Waals surface area contributed by atoms with Crippen LogP contribution in [0.5, 0.6) is 0 Å². The number of benzene rings is 1. The van der Waals surface area contributed by atoms with Crippen molar-refractivity contribution in [2.24, 2.45) is 5.92 Å². The van der Waals surface area contributed by atoms with Gasteiger partial charge in [0.2, 0.25) is 0 Å². The molecule has 2 aliphatic rings. The molecule has 1 aliphatic carbocycles. The van der Waals surface area contributed by atoms with Gasteiger partial charge in [0, 0.05) is 36.7 Å². The SMILES string of the molecule is Cc1ccc(CN2CCNC(C)(C3CC3)C2)c(Cl)c1. The van der Waals surface area contributed by atoms with Gasteiger partial charge in [0.15, 0.2) is 0 Å². The van der Waals surface area contributed by atoms with Crippen LogP contribution in [0.1, 0.15) is 30.9 Å². The van der Waals surface area contributed by atoms with Gasteiger partial charge in [-0.1, -0.05) is 23.7 Å². The van der Waals surface area contributed by atoms with Crippen LogP contribution in [0.25, 0.3) is 0 Å². The molecule has 1 N–H and O–H groups in total. The van der Waals surface area contributed by atoms with Crippen molar-refractivity contribution in [3.05, 3.63) is 34.3 Å². The van der Waals surface area contributed by atoms with Gasteiger partial charge in [-0.2, -0.15) is 0 Å². The lowest BCUT2D eigenvalue weighted by molar-refractivity contribution is 0.121. The zero-order valence-corrected chi connectivity index (χ0v) is 12.6. The van der Waals surface area contributed by atoms with Gasteiger partial charge in [-0.3, -0.25) is 4.90 Å². The molecule has 0 radical (unpaired) electrons. The summed E-state index contributed by atoms with van der Waals surface area (Å²) < 4.78 is 0. The first-order valence-electron chi connectivity index (χ1n) is 7.29. The Hall–Kier alpha value is -0.570. The molecule has 3 rings (SSSR count). The molecule has 0 bridgehead atoms. The largest absolute Gasteiger partial charge is 0.309 e. The highest BCUT2D eigenvalue weighted by Crippen LogP contribution is 2.41. The molecule has 1 unspecified atom stereocenters. The summed E-state index contributed by atoms with van der Waals surface area (Å²) in [5, 5.41) is 4.63. The molecular formula is C16H23ClN2. The molecule has 2 nitrogen and oxygen atoms in total. The zero-order valence-electron chi connectivity index (χ0n) is 11.9. The summed E-state index contributed by atoms with van der Waals surface area (Å²) in [6.45, 7) is 8.80. The summed E-state index contributed by atoms with van der Waals surface area (Å²) in [6.07, 6.45) is 2.78. The minimum atomic E-state index is 0.315. The molecule has 0 aromatic heterocycles. The van der Waals surface area contributed by atoms with E-state index in [0.717, 1.165) is 37.1 Å². The lowest BCUT2D eigenvalue weighted by Crippen LogP contribution is -2.59. The molecule has 1 aromatic rings. The summed E-state index contributed by atoms with van der Waals surface area (Å²) in [4.78, 5) is 2.55. The van der Waals surface area contributed by atoms with Gasteiger partial charge in [0.25, 0.3) is 0 Å². The first-order valence-corrected chi connectivity index (χ1v) is 7.67. The first-order chi connectivity index (χ1) is 9.07. The van der Waals surface area contributed by atoms with E-state index in [-0.39, 0.29) is 0 Å². The molecule has 1 aromatic carbocycles. The Morgan fingerprint density at radius 2 is 2.21 bits per heavy atom. The Morgan fingerprint density at radius 1 is 1.42 bits per heavy atom. The van der Waals surface area contributed by atoms with Crippen LogP contribution in [0.4, 0.5) is 0 Å². The maximum Gasteiger partial charge on any atom is 0.0453 e. The van der Waals surface area contributed by atoms with Gasteiger partial charge in [0.05, 0.1) is 0 Å². The molecule has 3 heteroatoms. The highest BCUT2D eigenvalue weighted by molar-refractivity contribution is 6.31. The molecule has 0 spiro atoms. The quantitative estimate of drug-likeness (QED) is 0.913. The first kappa shape index (κ1) is 13.4. The van der Waals surface area contributed by atoms with Crippen molar-refractivity contribution < 1.29 is 0 Å². The Bertz CT molecular complexity index is 470. The Labute approximate surface area is 121 Å². The molecule has 1 heterocycles. The number of aryl methyl sites for hydroxylation is 1. The average molecular weight is 279 g/mol. The standard InChI is InChI=1S/C16H23ClN2/c1-12-3-4-13(15(17)9-12)10-19-8-7-18-16(2,11-19)14-5-6-14/h3-4,9,14,18H,5-8,10-11H2,1-2H3. The van der Waals surface area contributed by atoms with Gasteiger partial charge >= 0.3 is 0 Å². The lowest BCUT2D eigenvalue weighted by Gasteiger charge is -2.42. The van der Waals surface area contributed by atoms with Crippen molar-refractivity contribution >= 4 is 11.6 Å². The summed E-state index contributed by atoms with van der Waals surface area (Å²) in [7, 11) is 0. The van der Waals surface area contributed by atoms with Crippen LogP contribution in [0.15, 0.2) is 18.2 Å². The zero-order chi connectivity index (χ0) is 13.5. The van der Waals surface area contributed by atoms with E-state index in [9.17, 15) is 0 Å². The second kappa shape index (κ2) is 5.08. The molecule has 19 heavy (non-hydrogen) atoms. The molecular weight excluding hydrogens is 256 g/mol. The summed E-state index contributed by atoms with van der Waals surface area (Å²) in [5.74, 6) is 0.879. The van der Waals surface area contributed by atoms with Crippen LogP contribution in [-0.4, -0.2) is 30.1 Å². The molecule has 1 saturated heterocycles. The van der Waals surface area contributed by atoms with E-state index in [1.807, 2.05) is 0 Å². The average Bonchev–Trinajstić information content (AvgIpc) is 3.17. The molecule has 1 saturated carbocycles. The van der Waals surface area contributed by atoms with Gasteiger partial charge in [-0.05, 0) is 49.8 Å². The minimum Gasteiger partial charge on any atom is -0.309 e. The fourth-order valence-electron chi connectivity index (χ4n) is 3.25. The van der Waals surface area contributed by atoms with Crippen molar-refractivity contribution in [3.63, 3.8) is 0 Å². The molecule has 1 aliphatic heterocycles. The number of hydrogen-bond donors (Lipinski definition) is 1. The Morgan fingerprint density at radius 3 is 2.89 bits per heavy atom. The van der Waals surface area contributed by atoms with Crippen LogP contribution in [0, 0.1) is 12.8 Å². The Kier molecular flexibility index (Phi) is 3.59.